The number of esters is 1. The van der Waals surface area contributed by atoms with Crippen LogP contribution in [0, 0.1) is 0 Å². The Morgan fingerprint density at radius 1 is 1.36 bits per heavy atom. The quantitative estimate of drug-likeness (QED) is 0.394. The van der Waals surface area contributed by atoms with Crippen molar-refractivity contribution in [2.24, 2.45) is 0 Å². The molecule has 0 heterocycles. The highest BCUT2D eigenvalue weighted by Crippen LogP contribution is 2.05. The number of ether oxygens (including phenoxy) is 2. The number of hydrogen-bond acceptors (Lipinski definition) is 6. The van der Waals surface area contributed by atoms with E-state index < -0.39 is 22.7 Å². The van der Waals surface area contributed by atoms with E-state index in [-0.39, 0.29) is 18.4 Å². The maximum Gasteiger partial charge on any atom is 0.321 e. The molecule has 122 valence electrons. The Morgan fingerprint density at radius 3 is 2.55 bits per heavy atom. The van der Waals surface area contributed by atoms with Gasteiger partial charge in [0.15, 0.2) is 0 Å². The topological polar surface area (TPSA) is 84.9 Å². The molecule has 0 atom stereocenters. The van der Waals surface area contributed by atoms with Gasteiger partial charge in [-0.1, -0.05) is 36.9 Å². The van der Waals surface area contributed by atoms with Gasteiger partial charge < -0.3 is 9.47 Å². The summed E-state index contributed by atoms with van der Waals surface area (Å²) in [6.45, 7) is 2.59. The number of nitrogens with one attached hydrogen (secondary N) is 1. The lowest BCUT2D eigenvalue weighted by atomic mass is 10.2. The van der Waals surface area contributed by atoms with Crippen molar-refractivity contribution in [3.05, 3.63) is 47.5 Å². The number of carbonyl (C=O) groups excluding carboxylic acids is 1. The molecule has 7 nitrogen and oxygen atoms in total. The molecule has 0 saturated heterocycles. The highest BCUT2D eigenvalue weighted by Gasteiger charge is 2.25. The molecule has 22 heavy (non-hydrogen) atoms. The summed E-state index contributed by atoms with van der Waals surface area (Å²) in [5.41, 5.74) is 0.804. The monoisotopic (exact) mass is 346 g/mol. The summed E-state index contributed by atoms with van der Waals surface area (Å²) in [6.07, 6.45) is 0. The average Bonchev–Trinajstić information content (AvgIpc) is 2.44. The third kappa shape index (κ3) is 6.48. The highest BCUT2D eigenvalue weighted by molar-refractivity contribution is 7.90. The summed E-state index contributed by atoms with van der Waals surface area (Å²) in [5, 5.41) is -0.0706. The maximum absolute atomic E-state index is 12.0. The zero-order chi connectivity index (χ0) is 16.6. The summed E-state index contributed by atoms with van der Waals surface area (Å²) in [5.74, 6) is -0.698. The number of carbonyl (C=O) groups is 1. The predicted octanol–water partition coefficient (Wildman–Crippen LogP) is 0.871. The summed E-state index contributed by atoms with van der Waals surface area (Å²) in [7, 11) is -2.67. The van der Waals surface area contributed by atoms with Crippen LogP contribution in [0.1, 0.15) is 5.56 Å². The van der Waals surface area contributed by atoms with Gasteiger partial charge in [-0.25, -0.2) is 0 Å². The second kappa shape index (κ2) is 8.79. The maximum atomic E-state index is 12.0. The molecule has 0 saturated carbocycles. The van der Waals surface area contributed by atoms with E-state index in [1.165, 1.54) is 7.11 Å². The minimum absolute atomic E-state index is 0.0627. The first-order valence-corrected chi connectivity index (χ1v) is 8.08. The van der Waals surface area contributed by atoms with Crippen molar-refractivity contribution in [3.8, 4) is 0 Å². The molecule has 0 aliphatic rings. The molecule has 1 aromatic rings. The van der Waals surface area contributed by atoms with E-state index in [1.807, 2.05) is 18.2 Å². The molecule has 1 N–H and O–H groups in total. The largest absolute Gasteiger partial charge is 0.460 e. The Kier molecular flexibility index (Phi) is 7.39. The first-order valence-electron chi connectivity index (χ1n) is 6.19. The van der Waals surface area contributed by atoms with E-state index >= 15 is 0 Å². The number of benzene rings is 1. The minimum atomic E-state index is -3.98. The van der Waals surface area contributed by atoms with Crippen LogP contribution in [-0.2, 0) is 31.1 Å². The molecule has 0 aromatic heterocycles. The fourth-order valence-electron chi connectivity index (χ4n) is 1.49. The number of nitrogens with zero attached hydrogens (tertiary/aromatic N) is 1. The van der Waals surface area contributed by atoms with E-state index in [0.717, 1.165) is 9.87 Å². The SMILES string of the molecule is C=C(S)NS(=O)(=O)N(COC)CC(=O)OCc1ccccc1. The number of thiol groups is 1. The van der Waals surface area contributed by atoms with E-state index in [0.29, 0.717) is 0 Å². The number of hydrogen-bond donors (Lipinski definition) is 2. The van der Waals surface area contributed by atoms with Crippen molar-refractivity contribution in [1.82, 2.24) is 9.03 Å². The fourth-order valence-corrected chi connectivity index (χ4v) is 2.78. The van der Waals surface area contributed by atoms with Crippen LogP contribution in [0.15, 0.2) is 41.9 Å². The molecule has 1 rings (SSSR count). The van der Waals surface area contributed by atoms with Crippen molar-refractivity contribution in [1.29, 1.82) is 0 Å². The summed E-state index contributed by atoms with van der Waals surface area (Å²) >= 11 is 3.77. The molecule has 0 spiro atoms. The molecular formula is C13H18N2O5S2. The lowest BCUT2D eigenvalue weighted by Gasteiger charge is -2.20. The van der Waals surface area contributed by atoms with Crippen LogP contribution in [0.5, 0.6) is 0 Å². The van der Waals surface area contributed by atoms with Gasteiger partial charge in [-0.3, -0.25) is 9.52 Å². The van der Waals surface area contributed by atoms with E-state index in [4.69, 9.17) is 9.47 Å². The van der Waals surface area contributed by atoms with Crippen molar-refractivity contribution in [2.45, 2.75) is 6.61 Å². The van der Waals surface area contributed by atoms with E-state index in [1.54, 1.807) is 12.1 Å². The van der Waals surface area contributed by atoms with Gasteiger partial charge in [0.1, 0.15) is 19.9 Å². The third-order valence-electron chi connectivity index (χ3n) is 2.41. The van der Waals surface area contributed by atoms with Gasteiger partial charge in [-0.15, -0.1) is 16.9 Å². The molecule has 0 amide bonds. The van der Waals surface area contributed by atoms with E-state index in [2.05, 4.69) is 23.9 Å². The summed E-state index contributed by atoms with van der Waals surface area (Å²) in [4.78, 5) is 11.8. The first-order chi connectivity index (χ1) is 10.3. The Labute approximate surface area is 135 Å². The van der Waals surface area contributed by atoms with Crippen LogP contribution in [0.3, 0.4) is 0 Å². The van der Waals surface area contributed by atoms with E-state index in [9.17, 15) is 13.2 Å². The van der Waals surface area contributed by atoms with Gasteiger partial charge >= 0.3 is 16.2 Å². The van der Waals surface area contributed by atoms with Gasteiger partial charge in [-0.2, -0.15) is 8.42 Å². The Bertz CT molecular complexity index is 604. The summed E-state index contributed by atoms with van der Waals surface area (Å²) < 4.78 is 36.6. The molecule has 0 aliphatic carbocycles. The molecule has 1 aromatic carbocycles. The molecule has 0 fully saturated rings. The van der Waals surface area contributed by atoms with Crippen LogP contribution in [-0.4, -0.2) is 39.1 Å². The fraction of sp³-hybridized carbons (Fsp3) is 0.308. The Hall–Kier alpha value is -1.55. The number of methoxy groups -OCH3 is 1. The van der Waals surface area contributed by atoms with Crippen LogP contribution < -0.4 is 4.72 Å². The van der Waals surface area contributed by atoms with Gasteiger partial charge in [0.2, 0.25) is 0 Å². The number of rotatable bonds is 9. The molecular weight excluding hydrogens is 328 g/mol. The van der Waals surface area contributed by atoms with Gasteiger partial charge in [0.05, 0.1) is 5.03 Å². The Balaban J connectivity index is 2.62. The third-order valence-corrected chi connectivity index (χ3v) is 4.09. The molecule has 9 heteroatoms. The normalized spacial score (nSPS) is 11.2. The summed E-state index contributed by atoms with van der Waals surface area (Å²) in [6, 6.07) is 9.06. The lowest BCUT2D eigenvalue weighted by Crippen LogP contribution is -2.43. The van der Waals surface area contributed by atoms with Crippen LogP contribution in [0.4, 0.5) is 0 Å². The van der Waals surface area contributed by atoms with Gasteiger partial charge in [-0.05, 0) is 5.56 Å². The van der Waals surface area contributed by atoms with Crippen molar-refractivity contribution >= 4 is 28.8 Å². The van der Waals surface area contributed by atoms with Crippen molar-refractivity contribution in [3.63, 3.8) is 0 Å². The van der Waals surface area contributed by atoms with Crippen molar-refractivity contribution in [2.75, 3.05) is 20.4 Å². The zero-order valence-electron chi connectivity index (χ0n) is 12.1. The molecule has 0 unspecified atom stereocenters. The second-order valence-corrected chi connectivity index (χ2v) is 6.44. The predicted molar refractivity (Wildman–Crippen MR) is 85.0 cm³/mol. The molecule has 0 bridgehead atoms. The smallest absolute Gasteiger partial charge is 0.321 e. The van der Waals surface area contributed by atoms with Crippen molar-refractivity contribution < 1.29 is 22.7 Å². The average molecular weight is 346 g/mol. The van der Waals surface area contributed by atoms with Crippen LogP contribution in [0.25, 0.3) is 0 Å². The standard InChI is InChI=1S/C13H18N2O5S2/c1-11(21)14-22(17,18)15(10-19-2)8-13(16)20-9-12-6-4-3-5-7-12/h3-7,14,21H,1,8-10H2,2H3. The van der Waals surface area contributed by atoms with Crippen LogP contribution in [0.2, 0.25) is 0 Å². The molecule has 0 radical (unpaired) electrons. The van der Waals surface area contributed by atoms with Gasteiger partial charge in [0, 0.05) is 7.11 Å². The lowest BCUT2D eigenvalue weighted by molar-refractivity contribution is -0.145. The minimum Gasteiger partial charge on any atom is -0.460 e. The van der Waals surface area contributed by atoms with Crippen LogP contribution >= 0.6 is 12.6 Å². The Morgan fingerprint density at radius 2 is 2.00 bits per heavy atom. The highest BCUT2D eigenvalue weighted by atomic mass is 32.2. The zero-order valence-corrected chi connectivity index (χ0v) is 13.8. The van der Waals surface area contributed by atoms with Gasteiger partial charge in [0.25, 0.3) is 0 Å². The second-order valence-electron chi connectivity index (χ2n) is 4.23. The molecule has 0 aliphatic heterocycles. The first kappa shape index (κ1) is 18.5.